The number of hydrogen-bond acceptors (Lipinski definition) is 3. The minimum absolute atomic E-state index is 0.179. The van der Waals surface area contributed by atoms with Gasteiger partial charge >= 0.3 is 0 Å². The molecule has 0 aromatic heterocycles. The first-order valence-corrected chi connectivity index (χ1v) is 9.89. The number of amides is 2. The lowest BCUT2D eigenvalue weighted by molar-refractivity contribution is -0.116. The molecule has 154 valence electrons. The van der Waals surface area contributed by atoms with Gasteiger partial charge in [0.05, 0.1) is 16.9 Å². The number of carbonyl (C=O) groups excluding carboxylic acids is 2. The Morgan fingerprint density at radius 1 is 1.07 bits per heavy atom. The van der Waals surface area contributed by atoms with E-state index in [-0.39, 0.29) is 24.4 Å². The average molecular weight is 422 g/mol. The molecule has 2 aromatic rings. The Bertz CT molecular complexity index is 901. The molecule has 0 spiro atoms. The second-order valence-electron chi connectivity index (χ2n) is 6.89. The van der Waals surface area contributed by atoms with Gasteiger partial charge in [0.15, 0.2) is 0 Å². The standard InChI is InChI=1S/C21H22ClF2N3O2/c22-14-5-8-19(27-10-1-2-11-27)18(12-14)26-20(28)4-3-9-25-21(29)16-7-6-15(23)13-17(16)24/h5-8,12-13H,1-4,9-11H2,(H,25,29)(H,26,28). The highest BCUT2D eigenvalue weighted by Gasteiger charge is 2.17. The van der Waals surface area contributed by atoms with Crippen LogP contribution in [0.25, 0.3) is 0 Å². The van der Waals surface area contributed by atoms with E-state index in [1.807, 2.05) is 6.07 Å². The number of benzene rings is 2. The molecule has 2 amide bonds. The van der Waals surface area contributed by atoms with Crippen LogP contribution in [0.3, 0.4) is 0 Å². The molecule has 0 aliphatic carbocycles. The predicted octanol–water partition coefficient (Wildman–Crippen LogP) is 4.37. The van der Waals surface area contributed by atoms with Gasteiger partial charge in [-0.1, -0.05) is 11.6 Å². The maximum absolute atomic E-state index is 13.6. The Morgan fingerprint density at radius 2 is 1.83 bits per heavy atom. The first kappa shape index (κ1) is 21.0. The lowest BCUT2D eigenvalue weighted by Crippen LogP contribution is -2.26. The van der Waals surface area contributed by atoms with Crippen molar-refractivity contribution in [3.8, 4) is 0 Å². The van der Waals surface area contributed by atoms with Crippen molar-refractivity contribution in [2.45, 2.75) is 25.7 Å². The number of halogens is 3. The van der Waals surface area contributed by atoms with E-state index in [0.717, 1.165) is 43.8 Å². The van der Waals surface area contributed by atoms with Crippen LogP contribution in [0.2, 0.25) is 5.02 Å². The summed E-state index contributed by atoms with van der Waals surface area (Å²) in [5.41, 5.74) is 1.38. The molecule has 0 bridgehead atoms. The van der Waals surface area contributed by atoms with E-state index in [1.165, 1.54) is 0 Å². The summed E-state index contributed by atoms with van der Waals surface area (Å²) in [5, 5.41) is 5.96. The van der Waals surface area contributed by atoms with E-state index in [1.54, 1.807) is 12.1 Å². The molecule has 2 aromatic carbocycles. The summed E-state index contributed by atoms with van der Waals surface area (Å²) in [6.45, 7) is 2.07. The number of anilines is 2. The molecule has 2 N–H and O–H groups in total. The first-order chi connectivity index (χ1) is 13.9. The monoisotopic (exact) mass is 421 g/mol. The molecule has 1 saturated heterocycles. The third kappa shape index (κ3) is 5.67. The molecule has 29 heavy (non-hydrogen) atoms. The van der Waals surface area contributed by atoms with Gasteiger partial charge in [0, 0.05) is 37.1 Å². The Labute approximate surface area is 173 Å². The van der Waals surface area contributed by atoms with Crippen LogP contribution in [-0.2, 0) is 4.79 Å². The van der Waals surface area contributed by atoms with Gasteiger partial charge in [0.1, 0.15) is 11.6 Å². The zero-order chi connectivity index (χ0) is 20.8. The molecule has 1 heterocycles. The Morgan fingerprint density at radius 3 is 2.55 bits per heavy atom. The average Bonchev–Trinajstić information content (AvgIpc) is 3.19. The van der Waals surface area contributed by atoms with Gasteiger partial charge in [0.25, 0.3) is 5.91 Å². The lowest BCUT2D eigenvalue weighted by atomic mass is 10.2. The lowest BCUT2D eigenvalue weighted by Gasteiger charge is -2.22. The first-order valence-electron chi connectivity index (χ1n) is 9.51. The normalized spacial score (nSPS) is 13.4. The zero-order valence-corrected chi connectivity index (χ0v) is 16.6. The highest BCUT2D eigenvalue weighted by Crippen LogP contribution is 2.31. The summed E-state index contributed by atoms with van der Waals surface area (Å²) in [6, 6.07) is 8.20. The van der Waals surface area contributed by atoms with Gasteiger partial charge < -0.3 is 15.5 Å². The van der Waals surface area contributed by atoms with E-state index in [9.17, 15) is 18.4 Å². The van der Waals surface area contributed by atoms with Gasteiger partial charge in [-0.05, 0) is 49.6 Å². The summed E-state index contributed by atoms with van der Waals surface area (Å²) in [4.78, 5) is 26.5. The summed E-state index contributed by atoms with van der Waals surface area (Å²) in [7, 11) is 0. The van der Waals surface area contributed by atoms with E-state index < -0.39 is 17.5 Å². The largest absolute Gasteiger partial charge is 0.370 e. The second kappa shape index (κ2) is 9.69. The van der Waals surface area contributed by atoms with Crippen LogP contribution < -0.4 is 15.5 Å². The molecule has 1 fully saturated rings. The van der Waals surface area contributed by atoms with Crippen molar-refractivity contribution in [3.63, 3.8) is 0 Å². The van der Waals surface area contributed by atoms with E-state index in [2.05, 4.69) is 15.5 Å². The quantitative estimate of drug-likeness (QED) is 0.653. The highest BCUT2D eigenvalue weighted by atomic mass is 35.5. The maximum atomic E-state index is 13.6. The second-order valence-corrected chi connectivity index (χ2v) is 7.32. The summed E-state index contributed by atoms with van der Waals surface area (Å²) in [6.07, 6.45) is 2.78. The van der Waals surface area contributed by atoms with Crippen molar-refractivity contribution < 1.29 is 18.4 Å². The third-order valence-corrected chi connectivity index (χ3v) is 4.96. The number of hydrogen-bond donors (Lipinski definition) is 2. The minimum Gasteiger partial charge on any atom is -0.370 e. The number of nitrogens with zero attached hydrogens (tertiary/aromatic N) is 1. The van der Waals surface area contributed by atoms with Gasteiger partial charge in [-0.15, -0.1) is 0 Å². The van der Waals surface area contributed by atoms with Crippen molar-refractivity contribution in [2.24, 2.45) is 0 Å². The van der Waals surface area contributed by atoms with Crippen molar-refractivity contribution in [1.29, 1.82) is 0 Å². The van der Waals surface area contributed by atoms with Gasteiger partial charge in [-0.3, -0.25) is 9.59 Å². The molecule has 0 saturated carbocycles. The van der Waals surface area contributed by atoms with E-state index in [0.29, 0.717) is 23.2 Å². The fourth-order valence-corrected chi connectivity index (χ4v) is 3.45. The van der Waals surface area contributed by atoms with Crippen molar-refractivity contribution in [2.75, 3.05) is 29.9 Å². The predicted molar refractivity (Wildman–Crippen MR) is 109 cm³/mol. The highest BCUT2D eigenvalue weighted by molar-refractivity contribution is 6.31. The van der Waals surface area contributed by atoms with Crippen molar-refractivity contribution in [3.05, 3.63) is 58.6 Å². The zero-order valence-electron chi connectivity index (χ0n) is 15.8. The summed E-state index contributed by atoms with van der Waals surface area (Å²) >= 11 is 6.08. The van der Waals surface area contributed by atoms with Gasteiger partial charge in [-0.25, -0.2) is 8.78 Å². The Balaban J connectivity index is 1.49. The van der Waals surface area contributed by atoms with Crippen LogP contribution in [0, 0.1) is 11.6 Å². The molecular formula is C21H22ClF2N3O2. The molecule has 5 nitrogen and oxygen atoms in total. The van der Waals surface area contributed by atoms with Crippen LogP contribution in [0.4, 0.5) is 20.2 Å². The fraction of sp³-hybridized carbons (Fsp3) is 0.333. The summed E-state index contributed by atoms with van der Waals surface area (Å²) < 4.78 is 26.5. The van der Waals surface area contributed by atoms with Crippen molar-refractivity contribution >= 4 is 34.8 Å². The molecule has 8 heteroatoms. The van der Waals surface area contributed by atoms with E-state index >= 15 is 0 Å². The third-order valence-electron chi connectivity index (χ3n) is 4.72. The SMILES string of the molecule is O=C(CCCNC(=O)c1ccc(F)cc1F)Nc1cc(Cl)ccc1N1CCCC1. The summed E-state index contributed by atoms with van der Waals surface area (Å²) in [5.74, 6) is -2.51. The van der Waals surface area contributed by atoms with Crippen LogP contribution in [-0.4, -0.2) is 31.4 Å². The number of nitrogens with one attached hydrogen (secondary N) is 2. The smallest absolute Gasteiger partial charge is 0.254 e. The topological polar surface area (TPSA) is 61.4 Å². The fourth-order valence-electron chi connectivity index (χ4n) is 3.27. The molecule has 0 radical (unpaired) electrons. The van der Waals surface area contributed by atoms with Crippen LogP contribution in [0.15, 0.2) is 36.4 Å². The molecule has 1 aliphatic heterocycles. The molecule has 0 unspecified atom stereocenters. The molecule has 0 atom stereocenters. The van der Waals surface area contributed by atoms with Crippen molar-refractivity contribution in [1.82, 2.24) is 5.32 Å². The van der Waals surface area contributed by atoms with E-state index in [4.69, 9.17) is 11.6 Å². The van der Waals surface area contributed by atoms with Crippen LogP contribution in [0.5, 0.6) is 0 Å². The molecular weight excluding hydrogens is 400 g/mol. The Hall–Kier alpha value is -2.67. The maximum Gasteiger partial charge on any atom is 0.254 e. The van der Waals surface area contributed by atoms with Crippen LogP contribution in [0.1, 0.15) is 36.0 Å². The Kier molecular flexibility index (Phi) is 7.04. The number of carbonyl (C=O) groups is 2. The number of rotatable bonds is 7. The molecule has 1 aliphatic rings. The van der Waals surface area contributed by atoms with Gasteiger partial charge in [-0.2, -0.15) is 0 Å². The van der Waals surface area contributed by atoms with Crippen LogP contribution >= 0.6 is 11.6 Å². The minimum atomic E-state index is -0.921. The van der Waals surface area contributed by atoms with Gasteiger partial charge in [0.2, 0.25) is 5.91 Å². The molecule has 3 rings (SSSR count).